The molecule has 0 saturated carbocycles. The summed E-state index contributed by atoms with van der Waals surface area (Å²) >= 11 is 1.32. The van der Waals surface area contributed by atoms with Crippen molar-refractivity contribution in [3.8, 4) is 23.1 Å². The fourth-order valence-electron chi connectivity index (χ4n) is 3.34. The molecule has 3 heterocycles. The normalized spacial score (nSPS) is 13.0. The molecular weight excluding hydrogens is 440 g/mol. The van der Waals surface area contributed by atoms with Crippen molar-refractivity contribution in [2.45, 2.75) is 19.4 Å². The molecule has 10 heteroatoms. The lowest BCUT2D eigenvalue weighted by molar-refractivity contribution is -0.115. The van der Waals surface area contributed by atoms with Crippen molar-refractivity contribution >= 4 is 34.0 Å². The third-order valence-corrected chi connectivity index (χ3v) is 6.14. The summed E-state index contributed by atoms with van der Waals surface area (Å²) in [7, 11) is 2.02. The molecule has 2 N–H and O–H groups in total. The second-order valence-electron chi connectivity index (χ2n) is 8.20. The average Bonchev–Trinajstić information content (AvgIpc) is 3.48. The summed E-state index contributed by atoms with van der Waals surface area (Å²) in [4.78, 5) is 31.3. The Morgan fingerprint density at radius 3 is 2.94 bits per heavy atom. The molecule has 33 heavy (non-hydrogen) atoms. The Hall–Kier alpha value is -3.84. The topological polar surface area (TPSA) is 112 Å². The van der Waals surface area contributed by atoms with Gasteiger partial charge in [0.1, 0.15) is 17.9 Å². The number of thiazole rings is 1. The first-order valence-electron chi connectivity index (χ1n) is 10.4. The van der Waals surface area contributed by atoms with Gasteiger partial charge in [-0.2, -0.15) is 5.26 Å². The highest BCUT2D eigenvalue weighted by molar-refractivity contribution is 7.14. The highest BCUT2D eigenvalue weighted by atomic mass is 32.1. The van der Waals surface area contributed by atoms with Crippen LogP contribution in [0.5, 0.6) is 5.75 Å². The Balaban J connectivity index is 1.34. The quantitative estimate of drug-likeness (QED) is 0.580. The van der Waals surface area contributed by atoms with Crippen LogP contribution in [0.2, 0.25) is 0 Å². The lowest BCUT2D eigenvalue weighted by atomic mass is 10.1. The second kappa shape index (κ2) is 8.96. The van der Waals surface area contributed by atoms with Gasteiger partial charge in [0.2, 0.25) is 5.91 Å². The van der Waals surface area contributed by atoms with E-state index in [0.29, 0.717) is 17.3 Å². The summed E-state index contributed by atoms with van der Waals surface area (Å²) in [5.74, 6) is 0.0796. The first kappa shape index (κ1) is 22.4. The molecule has 0 saturated heterocycles. The highest BCUT2D eigenvalue weighted by Gasteiger charge is 2.20. The van der Waals surface area contributed by atoms with Crippen molar-refractivity contribution < 1.29 is 14.3 Å². The maximum absolute atomic E-state index is 12.3. The number of likely N-dealkylation sites (N-methyl/N-ethyl adjacent to an activating group) is 1. The van der Waals surface area contributed by atoms with Crippen LogP contribution in [0.15, 0.2) is 42.0 Å². The predicted octanol–water partition coefficient (Wildman–Crippen LogP) is 3.07. The third kappa shape index (κ3) is 4.83. The van der Waals surface area contributed by atoms with Gasteiger partial charge in [-0.25, -0.2) is 4.98 Å². The van der Waals surface area contributed by atoms with Gasteiger partial charge < -0.3 is 24.8 Å². The molecule has 0 bridgehead atoms. The van der Waals surface area contributed by atoms with Crippen molar-refractivity contribution in [3.05, 3.63) is 47.6 Å². The van der Waals surface area contributed by atoms with Gasteiger partial charge >= 0.3 is 0 Å². The number of amides is 2. The van der Waals surface area contributed by atoms with Crippen molar-refractivity contribution in [1.29, 1.82) is 5.26 Å². The van der Waals surface area contributed by atoms with Crippen molar-refractivity contribution in [2.75, 3.05) is 37.0 Å². The molecule has 4 rings (SSSR count). The van der Waals surface area contributed by atoms with E-state index in [1.165, 1.54) is 11.3 Å². The molecule has 0 radical (unpaired) electrons. The van der Waals surface area contributed by atoms with E-state index < -0.39 is 11.4 Å². The number of nitriles is 1. The number of anilines is 2. The number of carbonyl (C=O) groups excluding carboxylic acids is 2. The first-order valence-corrected chi connectivity index (χ1v) is 11.3. The zero-order chi connectivity index (χ0) is 23.6. The van der Waals surface area contributed by atoms with Gasteiger partial charge in [0, 0.05) is 30.4 Å². The standard InChI is InChI=1S/C23H24N6O3S/c1-23(2,14-24)29-7-6-16(12-29)21(31)25-11-20(30)27-22-26-17(13-33-22)15-4-5-19-18(10-15)28(3)8-9-32-19/h4-7,10,12-13H,8-9,11H2,1-3H3,(H,25,31)(H,26,27,30). The Morgan fingerprint density at radius 2 is 2.15 bits per heavy atom. The zero-order valence-corrected chi connectivity index (χ0v) is 19.4. The molecule has 3 aromatic rings. The van der Waals surface area contributed by atoms with Crippen LogP contribution in [0.25, 0.3) is 11.3 Å². The second-order valence-corrected chi connectivity index (χ2v) is 9.06. The van der Waals surface area contributed by atoms with Gasteiger partial charge in [-0.1, -0.05) is 0 Å². The van der Waals surface area contributed by atoms with Crippen LogP contribution in [0.4, 0.5) is 10.8 Å². The van der Waals surface area contributed by atoms with Gasteiger partial charge in [-0.15, -0.1) is 11.3 Å². The van der Waals surface area contributed by atoms with Gasteiger partial charge in [0.15, 0.2) is 5.13 Å². The van der Waals surface area contributed by atoms with Gasteiger partial charge in [0.05, 0.1) is 36.1 Å². The number of rotatable bonds is 6. The molecule has 2 aromatic heterocycles. The summed E-state index contributed by atoms with van der Waals surface area (Å²) < 4.78 is 7.33. The fraction of sp³-hybridized carbons (Fsp3) is 0.304. The van der Waals surface area contributed by atoms with Crippen LogP contribution < -0.4 is 20.3 Å². The summed E-state index contributed by atoms with van der Waals surface area (Å²) in [6.07, 6.45) is 3.25. The summed E-state index contributed by atoms with van der Waals surface area (Å²) in [5, 5.41) is 16.8. The largest absolute Gasteiger partial charge is 0.490 e. The molecule has 0 fully saturated rings. The minimum absolute atomic E-state index is 0.193. The van der Waals surface area contributed by atoms with E-state index in [4.69, 9.17) is 4.74 Å². The van der Waals surface area contributed by atoms with Gasteiger partial charge in [0.25, 0.3) is 5.91 Å². The Labute approximate surface area is 195 Å². The summed E-state index contributed by atoms with van der Waals surface area (Å²) in [6, 6.07) is 9.68. The number of hydrogen-bond donors (Lipinski definition) is 2. The van der Waals surface area contributed by atoms with E-state index in [0.717, 1.165) is 29.2 Å². The number of fused-ring (bicyclic) bond motifs is 1. The number of hydrogen-bond acceptors (Lipinski definition) is 7. The molecule has 1 aliphatic heterocycles. The molecule has 1 aromatic carbocycles. The molecule has 0 spiro atoms. The minimum atomic E-state index is -0.765. The molecule has 0 aliphatic carbocycles. The number of ether oxygens (including phenoxy) is 1. The maximum Gasteiger partial charge on any atom is 0.253 e. The summed E-state index contributed by atoms with van der Waals surface area (Å²) in [6.45, 7) is 4.79. The monoisotopic (exact) mass is 464 g/mol. The zero-order valence-electron chi connectivity index (χ0n) is 18.6. The third-order valence-electron chi connectivity index (χ3n) is 5.38. The van der Waals surface area contributed by atoms with E-state index in [2.05, 4.69) is 26.6 Å². The van der Waals surface area contributed by atoms with Crippen LogP contribution in [-0.2, 0) is 10.3 Å². The lowest BCUT2D eigenvalue weighted by Crippen LogP contribution is -2.32. The Bertz CT molecular complexity index is 1240. The molecule has 0 unspecified atom stereocenters. The molecule has 170 valence electrons. The van der Waals surface area contributed by atoms with Crippen molar-refractivity contribution in [2.24, 2.45) is 0 Å². The van der Waals surface area contributed by atoms with E-state index in [1.807, 2.05) is 30.6 Å². The first-order chi connectivity index (χ1) is 15.8. The van der Waals surface area contributed by atoms with Crippen LogP contribution in [0.3, 0.4) is 0 Å². The van der Waals surface area contributed by atoms with E-state index >= 15 is 0 Å². The number of aromatic nitrogens is 2. The summed E-state index contributed by atoms with van der Waals surface area (Å²) in [5.41, 5.74) is 2.30. The fourth-order valence-corrected chi connectivity index (χ4v) is 4.07. The van der Waals surface area contributed by atoms with Gasteiger partial charge in [-0.3, -0.25) is 9.59 Å². The van der Waals surface area contributed by atoms with Crippen LogP contribution in [0.1, 0.15) is 24.2 Å². The Morgan fingerprint density at radius 1 is 1.33 bits per heavy atom. The van der Waals surface area contributed by atoms with Gasteiger partial charge in [-0.05, 0) is 38.1 Å². The lowest BCUT2D eigenvalue weighted by Gasteiger charge is -2.27. The van der Waals surface area contributed by atoms with Crippen LogP contribution >= 0.6 is 11.3 Å². The van der Waals surface area contributed by atoms with Crippen LogP contribution in [0, 0.1) is 11.3 Å². The molecule has 9 nitrogen and oxygen atoms in total. The number of benzene rings is 1. The van der Waals surface area contributed by atoms with E-state index in [1.54, 1.807) is 36.9 Å². The molecule has 1 aliphatic rings. The number of nitrogens with one attached hydrogen (secondary N) is 2. The Kier molecular flexibility index (Phi) is 6.07. The predicted molar refractivity (Wildman–Crippen MR) is 127 cm³/mol. The smallest absolute Gasteiger partial charge is 0.253 e. The average molecular weight is 465 g/mol. The molecule has 0 atom stereocenters. The van der Waals surface area contributed by atoms with E-state index in [-0.39, 0.29) is 12.5 Å². The molecule has 2 amide bonds. The SMILES string of the molecule is CN1CCOc2ccc(-c3csc(NC(=O)CNC(=O)c4ccn(C(C)(C)C#N)c4)n3)cc21. The van der Waals surface area contributed by atoms with Crippen molar-refractivity contribution in [3.63, 3.8) is 0 Å². The highest BCUT2D eigenvalue weighted by Crippen LogP contribution is 2.35. The number of carbonyl (C=O) groups is 2. The van der Waals surface area contributed by atoms with Crippen molar-refractivity contribution in [1.82, 2.24) is 14.9 Å². The minimum Gasteiger partial charge on any atom is -0.490 e. The van der Waals surface area contributed by atoms with Crippen LogP contribution in [-0.4, -0.2) is 48.1 Å². The number of nitrogens with zero attached hydrogens (tertiary/aromatic N) is 4. The maximum atomic E-state index is 12.3. The van der Waals surface area contributed by atoms with E-state index in [9.17, 15) is 14.9 Å². The molecular formula is C23H24N6O3S.